The summed E-state index contributed by atoms with van der Waals surface area (Å²) >= 11 is 0. The SMILES string of the molecule is CCCCC1CCC(CC[C@H]2CC[C@H](c3ccc(OCCC)c(F)c3F)CC2)CC1. The van der Waals surface area contributed by atoms with Crippen LogP contribution in [-0.2, 0) is 0 Å². The highest BCUT2D eigenvalue weighted by molar-refractivity contribution is 5.33. The van der Waals surface area contributed by atoms with E-state index in [1.54, 1.807) is 12.1 Å². The summed E-state index contributed by atoms with van der Waals surface area (Å²) in [6, 6.07) is 3.37. The van der Waals surface area contributed by atoms with Crippen LogP contribution in [0.4, 0.5) is 8.78 Å². The second-order valence-corrected chi connectivity index (χ2v) is 9.95. The Hall–Kier alpha value is -1.12. The molecule has 30 heavy (non-hydrogen) atoms. The van der Waals surface area contributed by atoms with Gasteiger partial charge in [-0.15, -0.1) is 0 Å². The summed E-state index contributed by atoms with van der Waals surface area (Å²) in [4.78, 5) is 0. The van der Waals surface area contributed by atoms with Crippen molar-refractivity contribution in [2.24, 2.45) is 17.8 Å². The molecule has 0 heterocycles. The minimum atomic E-state index is -0.808. The second-order valence-electron chi connectivity index (χ2n) is 9.95. The molecule has 0 bridgehead atoms. The quantitative estimate of drug-likeness (QED) is 0.367. The average Bonchev–Trinajstić information content (AvgIpc) is 2.78. The molecule has 2 aliphatic rings. The Bertz CT molecular complexity index is 628. The Morgan fingerprint density at radius 3 is 1.87 bits per heavy atom. The van der Waals surface area contributed by atoms with Gasteiger partial charge in [-0.1, -0.05) is 77.7 Å². The highest BCUT2D eigenvalue weighted by atomic mass is 19.2. The molecule has 2 fully saturated rings. The molecular formula is C27H42F2O. The Morgan fingerprint density at radius 2 is 1.30 bits per heavy atom. The lowest BCUT2D eigenvalue weighted by Crippen LogP contribution is -2.18. The van der Waals surface area contributed by atoms with Crippen LogP contribution in [-0.4, -0.2) is 6.61 Å². The van der Waals surface area contributed by atoms with Crippen LogP contribution < -0.4 is 4.74 Å². The van der Waals surface area contributed by atoms with E-state index in [2.05, 4.69) is 6.92 Å². The first-order chi connectivity index (χ1) is 14.6. The third-order valence-electron chi connectivity index (χ3n) is 7.74. The molecule has 0 aromatic heterocycles. The maximum absolute atomic E-state index is 14.6. The summed E-state index contributed by atoms with van der Waals surface area (Å²) in [5.74, 6) is 1.42. The smallest absolute Gasteiger partial charge is 0.200 e. The van der Waals surface area contributed by atoms with Crippen molar-refractivity contribution < 1.29 is 13.5 Å². The zero-order valence-electron chi connectivity index (χ0n) is 19.2. The fourth-order valence-electron chi connectivity index (χ4n) is 5.72. The van der Waals surface area contributed by atoms with Crippen molar-refractivity contribution in [1.82, 2.24) is 0 Å². The monoisotopic (exact) mass is 420 g/mol. The molecule has 3 heteroatoms. The van der Waals surface area contributed by atoms with Crippen molar-refractivity contribution in [1.29, 1.82) is 0 Å². The van der Waals surface area contributed by atoms with Crippen molar-refractivity contribution in [2.75, 3.05) is 6.61 Å². The van der Waals surface area contributed by atoms with Gasteiger partial charge in [-0.2, -0.15) is 4.39 Å². The maximum Gasteiger partial charge on any atom is 0.200 e. The van der Waals surface area contributed by atoms with E-state index in [0.29, 0.717) is 12.2 Å². The highest BCUT2D eigenvalue weighted by Crippen LogP contribution is 2.41. The van der Waals surface area contributed by atoms with Gasteiger partial charge < -0.3 is 4.74 Å². The first-order valence-corrected chi connectivity index (χ1v) is 12.7. The summed E-state index contributed by atoms with van der Waals surface area (Å²) in [7, 11) is 0. The van der Waals surface area contributed by atoms with Crippen LogP contribution in [0.1, 0.15) is 115 Å². The minimum absolute atomic E-state index is 0.0520. The van der Waals surface area contributed by atoms with Gasteiger partial charge in [0.2, 0.25) is 5.82 Å². The molecule has 1 aromatic rings. The number of halogens is 2. The van der Waals surface area contributed by atoms with E-state index < -0.39 is 11.6 Å². The summed E-state index contributed by atoms with van der Waals surface area (Å²) < 4.78 is 34.3. The molecule has 1 aromatic carbocycles. The molecule has 0 radical (unpaired) electrons. The predicted molar refractivity (Wildman–Crippen MR) is 121 cm³/mol. The van der Waals surface area contributed by atoms with Crippen LogP contribution in [0.25, 0.3) is 0 Å². The molecule has 0 N–H and O–H groups in total. The van der Waals surface area contributed by atoms with E-state index in [0.717, 1.165) is 49.9 Å². The van der Waals surface area contributed by atoms with Crippen molar-refractivity contribution in [3.05, 3.63) is 29.3 Å². The van der Waals surface area contributed by atoms with E-state index in [-0.39, 0.29) is 11.7 Å². The van der Waals surface area contributed by atoms with Gasteiger partial charge in [-0.3, -0.25) is 0 Å². The van der Waals surface area contributed by atoms with Gasteiger partial charge in [0.15, 0.2) is 11.6 Å². The first-order valence-electron chi connectivity index (χ1n) is 12.7. The molecule has 1 nitrogen and oxygen atoms in total. The zero-order chi connectivity index (χ0) is 21.3. The Kier molecular flexibility index (Phi) is 9.46. The molecular weight excluding hydrogens is 378 g/mol. The Balaban J connectivity index is 1.41. The first kappa shape index (κ1) is 23.5. The fraction of sp³-hybridized carbons (Fsp3) is 0.778. The van der Waals surface area contributed by atoms with Gasteiger partial charge in [0.1, 0.15) is 0 Å². The Labute approximate surface area is 183 Å². The number of ether oxygens (including phenoxy) is 1. The normalized spacial score (nSPS) is 27.2. The van der Waals surface area contributed by atoms with E-state index >= 15 is 0 Å². The summed E-state index contributed by atoms with van der Waals surface area (Å²) in [6.45, 7) is 4.67. The van der Waals surface area contributed by atoms with Gasteiger partial charge in [0.05, 0.1) is 6.61 Å². The lowest BCUT2D eigenvalue weighted by atomic mass is 9.74. The third kappa shape index (κ3) is 6.44. The number of unbranched alkanes of at least 4 members (excludes halogenated alkanes) is 1. The van der Waals surface area contributed by atoms with Gasteiger partial charge >= 0.3 is 0 Å². The number of benzene rings is 1. The molecule has 2 aliphatic carbocycles. The molecule has 170 valence electrons. The molecule has 0 aliphatic heterocycles. The van der Waals surface area contributed by atoms with Crippen LogP contribution in [0.3, 0.4) is 0 Å². The lowest BCUT2D eigenvalue weighted by molar-refractivity contribution is 0.222. The van der Waals surface area contributed by atoms with Crippen molar-refractivity contribution in [2.45, 2.75) is 110 Å². The minimum Gasteiger partial charge on any atom is -0.490 e. The van der Waals surface area contributed by atoms with E-state index in [4.69, 9.17) is 4.74 Å². The number of hydrogen-bond donors (Lipinski definition) is 0. The van der Waals surface area contributed by atoms with Crippen LogP contribution in [0.5, 0.6) is 5.75 Å². The predicted octanol–water partition coefficient (Wildman–Crippen LogP) is 8.80. The summed E-state index contributed by atoms with van der Waals surface area (Å²) in [5, 5.41) is 0. The van der Waals surface area contributed by atoms with Crippen molar-refractivity contribution in [3.63, 3.8) is 0 Å². The summed E-state index contributed by atoms with van der Waals surface area (Å²) in [5.41, 5.74) is 0.556. The van der Waals surface area contributed by atoms with Crippen LogP contribution in [0.15, 0.2) is 12.1 Å². The largest absolute Gasteiger partial charge is 0.490 e. The third-order valence-corrected chi connectivity index (χ3v) is 7.74. The second kappa shape index (κ2) is 12.1. The van der Waals surface area contributed by atoms with Gasteiger partial charge in [0.25, 0.3) is 0 Å². The average molecular weight is 421 g/mol. The van der Waals surface area contributed by atoms with Crippen LogP contribution in [0, 0.1) is 29.4 Å². The standard InChI is InChI=1S/C27H42F2O/c1-3-5-6-20-7-9-21(10-8-20)11-12-22-13-15-23(16-14-22)24-17-18-25(30-19-4-2)27(29)26(24)28/h17-18,20-23H,3-16,19H2,1-2H3/t20?,21?,22-,23-. The van der Waals surface area contributed by atoms with Gasteiger partial charge in [-0.05, 0) is 67.4 Å². The Morgan fingerprint density at radius 1 is 0.733 bits per heavy atom. The van der Waals surface area contributed by atoms with Gasteiger partial charge in [-0.25, -0.2) is 4.39 Å². The number of hydrogen-bond acceptors (Lipinski definition) is 1. The van der Waals surface area contributed by atoms with Crippen LogP contribution >= 0.6 is 0 Å². The molecule has 0 atom stereocenters. The highest BCUT2D eigenvalue weighted by Gasteiger charge is 2.28. The molecule has 0 saturated heterocycles. The van der Waals surface area contributed by atoms with E-state index in [1.807, 2.05) is 6.92 Å². The molecule has 0 amide bonds. The summed E-state index contributed by atoms with van der Waals surface area (Å²) in [6.07, 6.45) is 17.7. The number of rotatable bonds is 10. The van der Waals surface area contributed by atoms with Crippen molar-refractivity contribution in [3.8, 4) is 5.75 Å². The van der Waals surface area contributed by atoms with E-state index in [1.165, 1.54) is 57.8 Å². The molecule has 2 saturated carbocycles. The molecule has 0 unspecified atom stereocenters. The topological polar surface area (TPSA) is 9.23 Å². The zero-order valence-corrected chi connectivity index (χ0v) is 19.2. The van der Waals surface area contributed by atoms with Gasteiger partial charge in [0, 0.05) is 0 Å². The lowest BCUT2D eigenvalue weighted by Gasteiger charge is -2.32. The maximum atomic E-state index is 14.6. The fourth-order valence-corrected chi connectivity index (χ4v) is 5.72. The van der Waals surface area contributed by atoms with Crippen LogP contribution in [0.2, 0.25) is 0 Å². The molecule has 3 rings (SSSR count). The molecule has 0 spiro atoms. The van der Waals surface area contributed by atoms with Crippen molar-refractivity contribution >= 4 is 0 Å². The van der Waals surface area contributed by atoms with E-state index in [9.17, 15) is 8.78 Å².